The van der Waals surface area contributed by atoms with E-state index in [1.54, 1.807) is 28.9 Å². The summed E-state index contributed by atoms with van der Waals surface area (Å²) in [4.78, 5) is 28.1. The summed E-state index contributed by atoms with van der Waals surface area (Å²) >= 11 is 5.94. The molecule has 2 amide bonds. The van der Waals surface area contributed by atoms with Crippen LogP contribution >= 0.6 is 11.6 Å². The van der Waals surface area contributed by atoms with E-state index in [0.29, 0.717) is 10.6 Å². The highest BCUT2D eigenvalue weighted by Gasteiger charge is 2.47. The fraction of sp³-hybridized carbons (Fsp3) is 0.222. The van der Waals surface area contributed by atoms with Gasteiger partial charge in [-0.05, 0) is 62.4 Å². The number of nitrogens with zero attached hydrogens (tertiary/aromatic N) is 2. The van der Waals surface area contributed by atoms with Crippen molar-refractivity contribution in [3.8, 4) is 0 Å². The molecule has 174 valence electrons. The van der Waals surface area contributed by atoms with Gasteiger partial charge in [-0.15, -0.1) is 10.1 Å². The van der Waals surface area contributed by atoms with E-state index in [-0.39, 0.29) is 11.8 Å². The molecule has 0 saturated carbocycles. The molecular formula is C27H28ClN4O2+. The number of hydrazine groups is 1. The first-order valence-electron chi connectivity index (χ1n) is 11.4. The number of carbonyl (C=O) groups is 2. The van der Waals surface area contributed by atoms with E-state index in [2.05, 4.69) is 41.6 Å². The third kappa shape index (κ3) is 5.13. The minimum Gasteiger partial charge on any atom is -0.372 e. The quantitative estimate of drug-likeness (QED) is 0.503. The minimum absolute atomic E-state index is 0.271. The van der Waals surface area contributed by atoms with E-state index in [4.69, 9.17) is 11.6 Å². The normalized spacial score (nSPS) is 18.6. The highest BCUT2D eigenvalue weighted by Crippen LogP contribution is 2.26. The van der Waals surface area contributed by atoms with Crippen molar-refractivity contribution < 1.29 is 14.3 Å². The number of halogens is 1. The summed E-state index contributed by atoms with van der Waals surface area (Å²) in [6.45, 7) is 6.14. The Bertz CT molecular complexity index is 1170. The second-order valence-corrected chi connectivity index (χ2v) is 8.53. The summed E-state index contributed by atoms with van der Waals surface area (Å²) in [6.07, 6.45) is 1.90. The third-order valence-electron chi connectivity index (χ3n) is 5.98. The van der Waals surface area contributed by atoms with Crippen LogP contribution in [0.25, 0.3) is 0 Å². The fourth-order valence-corrected chi connectivity index (χ4v) is 4.30. The summed E-state index contributed by atoms with van der Waals surface area (Å²) in [5.41, 5.74) is 6.38. The van der Waals surface area contributed by atoms with Crippen molar-refractivity contribution in [2.45, 2.75) is 25.9 Å². The number of anilines is 1. The molecule has 2 N–H and O–H groups in total. The topological polar surface area (TPSA) is 64.5 Å². The Morgan fingerprint density at radius 2 is 1.65 bits per heavy atom. The van der Waals surface area contributed by atoms with Crippen LogP contribution < -0.4 is 15.6 Å². The van der Waals surface area contributed by atoms with Crippen molar-refractivity contribution in [3.63, 3.8) is 0 Å². The number of hydrogen-bond donors (Lipinski definition) is 2. The van der Waals surface area contributed by atoms with Crippen molar-refractivity contribution in [2.75, 3.05) is 18.0 Å². The number of amides is 2. The zero-order valence-electron chi connectivity index (χ0n) is 19.2. The van der Waals surface area contributed by atoms with Gasteiger partial charge in [0, 0.05) is 40.5 Å². The third-order valence-corrected chi connectivity index (χ3v) is 6.23. The molecule has 0 radical (unpaired) electrons. The highest BCUT2D eigenvalue weighted by molar-refractivity contribution is 6.30. The zero-order chi connectivity index (χ0) is 24.1. The van der Waals surface area contributed by atoms with Crippen LogP contribution in [0.4, 0.5) is 5.69 Å². The number of rotatable bonds is 7. The molecule has 0 aromatic heterocycles. The Kier molecular flexibility index (Phi) is 7.28. The largest absolute Gasteiger partial charge is 0.372 e. The maximum Gasteiger partial charge on any atom is 0.304 e. The van der Waals surface area contributed by atoms with E-state index >= 15 is 0 Å². The lowest BCUT2D eigenvalue weighted by Gasteiger charge is -2.20. The van der Waals surface area contributed by atoms with Crippen LogP contribution in [-0.2, 0) is 4.79 Å². The molecule has 1 heterocycles. The molecule has 0 aliphatic carbocycles. The monoisotopic (exact) mass is 475 g/mol. The van der Waals surface area contributed by atoms with Crippen molar-refractivity contribution in [2.24, 2.45) is 0 Å². The molecule has 7 heteroatoms. The lowest BCUT2D eigenvalue weighted by atomic mass is 10.00. The number of carbonyl (C=O) groups excluding carboxylic acids is 2. The van der Waals surface area contributed by atoms with Gasteiger partial charge in [0.25, 0.3) is 5.91 Å². The summed E-state index contributed by atoms with van der Waals surface area (Å²) < 4.78 is 1.77. The van der Waals surface area contributed by atoms with Gasteiger partial charge in [0.1, 0.15) is 0 Å². The fourth-order valence-electron chi connectivity index (χ4n) is 4.18. The SMILES string of the molecule is CCN(CC)c1ccc(/C=[N+]2\NC(=O)[C@@H](NC(=O)c3ccc(Cl)cc3)[C@@H]2c2ccccc2)cc1. The van der Waals surface area contributed by atoms with E-state index in [1.807, 2.05) is 48.7 Å². The highest BCUT2D eigenvalue weighted by atomic mass is 35.5. The van der Waals surface area contributed by atoms with E-state index < -0.39 is 12.1 Å². The first-order valence-corrected chi connectivity index (χ1v) is 11.8. The van der Waals surface area contributed by atoms with Crippen LogP contribution in [0, 0.1) is 0 Å². The Hall–Kier alpha value is -3.64. The maximum atomic E-state index is 13.0. The molecule has 34 heavy (non-hydrogen) atoms. The molecule has 0 spiro atoms. The van der Waals surface area contributed by atoms with Gasteiger partial charge in [0.15, 0.2) is 6.04 Å². The molecule has 0 unspecified atom stereocenters. The van der Waals surface area contributed by atoms with Gasteiger partial charge in [0.05, 0.1) is 0 Å². The molecule has 3 aromatic rings. The number of hydrogen-bond acceptors (Lipinski definition) is 3. The minimum atomic E-state index is -0.767. The van der Waals surface area contributed by atoms with Crippen LogP contribution in [0.5, 0.6) is 0 Å². The molecular weight excluding hydrogens is 448 g/mol. The summed E-state index contributed by atoms with van der Waals surface area (Å²) in [5, 5.41) is 3.45. The average molecular weight is 476 g/mol. The Balaban J connectivity index is 1.64. The summed E-state index contributed by atoms with van der Waals surface area (Å²) in [7, 11) is 0. The number of nitrogens with one attached hydrogen (secondary N) is 2. The molecule has 3 aromatic carbocycles. The maximum absolute atomic E-state index is 13.0. The summed E-state index contributed by atoms with van der Waals surface area (Å²) in [5.74, 6) is -0.602. The standard InChI is InChI=1S/C27H27ClN4O2/c1-3-31(4-2)23-16-10-19(11-17-23)18-32-25(20-8-6-5-7-9-20)24(27(34)30-32)29-26(33)21-12-14-22(28)15-13-21/h5-18,24-25H,3-4H2,1-2H3,(H-,29,30,33,34)/p+1/t24-,25-/m0/s1. The number of hydrazone groups is 1. The van der Waals surface area contributed by atoms with Crippen LogP contribution in [-0.4, -0.2) is 41.8 Å². The molecule has 0 bridgehead atoms. The molecule has 1 fully saturated rings. The van der Waals surface area contributed by atoms with E-state index in [0.717, 1.165) is 29.9 Å². The van der Waals surface area contributed by atoms with Gasteiger partial charge in [-0.1, -0.05) is 41.9 Å². The van der Waals surface area contributed by atoms with Crippen LogP contribution in [0.1, 0.15) is 41.4 Å². The second kappa shape index (κ2) is 10.5. The first kappa shape index (κ1) is 23.5. The molecule has 6 nitrogen and oxygen atoms in total. The molecule has 4 rings (SSSR count). The van der Waals surface area contributed by atoms with Crippen LogP contribution in [0.3, 0.4) is 0 Å². The van der Waals surface area contributed by atoms with Crippen molar-refractivity contribution in [1.82, 2.24) is 10.7 Å². The van der Waals surface area contributed by atoms with E-state index in [1.165, 1.54) is 0 Å². The van der Waals surface area contributed by atoms with Gasteiger partial charge < -0.3 is 10.2 Å². The summed E-state index contributed by atoms with van der Waals surface area (Å²) in [6, 6.07) is 23.3. The van der Waals surface area contributed by atoms with Crippen molar-refractivity contribution in [1.29, 1.82) is 0 Å². The first-order chi connectivity index (χ1) is 16.5. The zero-order valence-corrected chi connectivity index (χ0v) is 20.0. The predicted octanol–water partition coefficient (Wildman–Crippen LogP) is 4.20. The molecule has 2 atom stereocenters. The Morgan fingerprint density at radius 1 is 1.00 bits per heavy atom. The van der Waals surface area contributed by atoms with Gasteiger partial charge >= 0.3 is 5.91 Å². The Labute approximate surface area is 204 Å². The van der Waals surface area contributed by atoms with Gasteiger partial charge in [0.2, 0.25) is 12.3 Å². The van der Waals surface area contributed by atoms with Crippen molar-refractivity contribution >= 4 is 35.3 Å². The molecule has 1 aliphatic heterocycles. The second-order valence-electron chi connectivity index (χ2n) is 8.09. The van der Waals surface area contributed by atoms with Gasteiger partial charge in [-0.3, -0.25) is 9.59 Å². The van der Waals surface area contributed by atoms with Crippen LogP contribution in [0.2, 0.25) is 5.02 Å². The lowest BCUT2D eigenvalue weighted by molar-refractivity contribution is -0.596. The van der Waals surface area contributed by atoms with Crippen LogP contribution in [0.15, 0.2) is 78.9 Å². The smallest absolute Gasteiger partial charge is 0.304 e. The van der Waals surface area contributed by atoms with Gasteiger partial charge in [-0.2, -0.15) is 0 Å². The molecule has 1 aliphatic rings. The lowest BCUT2D eigenvalue weighted by Crippen LogP contribution is -2.42. The number of benzene rings is 3. The average Bonchev–Trinajstić information content (AvgIpc) is 3.16. The Morgan fingerprint density at radius 3 is 2.26 bits per heavy atom. The van der Waals surface area contributed by atoms with E-state index in [9.17, 15) is 9.59 Å². The molecule has 1 saturated heterocycles. The van der Waals surface area contributed by atoms with Gasteiger partial charge in [-0.25, -0.2) is 0 Å². The predicted molar refractivity (Wildman–Crippen MR) is 135 cm³/mol. The van der Waals surface area contributed by atoms with Crippen molar-refractivity contribution in [3.05, 3.63) is 101 Å².